The van der Waals surface area contributed by atoms with Crippen molar-refractivity contribution in [3.8, 4) is 0 Å². The number of hydrogen-bond acceptors (Lipinski definition) is 5. The van der Waals surface area contributed by atoms with Crippen LogP contribution >= 0.6 is 0 Å². The predicted octanol–water partition coefficient (Wildman–Crippen LogP) is 2.58. The maximum absolute atomic E-state index is 12.1. The van der Waals surface area contributed by atoms with E-state index in [0.29, 0.717) is 18.3 Å². The second-order valence-electron chi connectivity index (χ2n) is 10.9. The Kier molecular flexibility index (Phi) is 4.12. The van der Waals surface area contributed by atoms with E-state index >= 15 is 0 Å². The molecule has 0 unspecified atom stereocenters. The minimum absolute atomic E-state index is 0.170. The molecule has 0 saturated heterocycles. The van der Waals surface area contributed by atoms with Gasteiger partial charge in [0.1, 0.15) is 6.61 Å². The molecule has 4 saturated carbocycles. The first-order valence-corrected chi connectivity index (χ1v) is 11.1. The van der Waals surface area contributed by atoms with Gasteiger partial charge in [0.2, 0.25) is 0 Å². The molecule has 3 N–H and O–H groups in total. The van der Waals surface area contributed by atoms with E-state index in [-0.39, 0.29) is 35.9 Å². The molecule has 0 radical (unpaired) electrons. The zero-order valence-electron chi connectivity index (χ0n) is 17.1. The molecule has 1 aliphatic heterocycles. The van der Waals surface area contributed by atoms with Crippen LogP contribution in [0.15, 0.2) is 11.6 Å². The Balaban J connectivity index is 1.50. The first-order chi connectivity index (χ1) is 13.2. The van der Waals surface area contributed by atoms with Crippen LogP contribution in [0.4, 0.5) is 0 Å². The molecule has 0 aromatic rings. The number of carbonyl (C=O) groups is 1. The van der Waals surface area contributed by atoms with Gasteiger partial charge in [-0.2, -0.15) is 0 Å². The van der Waals surface area contributed by atoms with Crippen LogP contribution in [0, 0.1) is 34.5 Å². The average Bonchev–Trinajstić information content (AvgIpc) is 3.13. The molecule has 4 fully saturated rings. The number of hydrogen-bond donors (Lipinski definition) is 3. The van der Waals surface area contributed by atoms with E-state index in [1.54, 1.807) is 0 Å². The normalized spacial score (nSPS) is 55.8. The van der Waals surface area contributed by atoms with Gasteiger partial charge in [0.05, 0.1) is 17.8 Å². The molecule has 5 aliphatic rings. The minimum atomic E-state index is -0.906. The van der Waals surface area contributed by atoms with Crippen LogP contribution in [0.25, 0.3) is 0 Å². The van der Waals surface area contributed by atoms with Crippen molar-refractivity contribution in [1.82, 2.24) is 0 Å². The maximum atomic E-state index is 12.1. The monoisotopic (exact) mass is 390 g/mol. The van der Waals surface area contributed by atoms with E-state index in [9.17, 15) is 20.1 Å². The molecule has 0 amide bonds. The average molecular weight is 391 g/mol. The number of aliphatic hydroxyl groups is 3. The molecular formula is C23H34O5. The highest BCUT2D eigenvalue weighted by Crippen LogP contribution is 2.69. The second kappa shape index (κ2) is 6.05. The van der Waals surface area contributed by atoms with Crippen LogP contribution in [0.3, 0.4) is 0 Å². The van der Waals surface area contributed by atoms with Crippen molar-refractivity contribution in [3.05, 3.63) is 11.6 Å². The summed E-state index contributed by atoms with van der Waals surface area (Å²) in [4.78, 5) is 11.7. The fourth-order valence-corrected chi connectivity index (χ4v) is 8.47. The molecule has 9 atom stereocenters. The summed E-state index contributed by atoms with van der Waals surface area (Å²) in [6.45, 7) is 4.77. The third-order valence-electron chi connectivity index (χ3n) is 9.92. The van der Waals surface area contributed by atoms with Crippen molar-refractivity contribution < 1.29 is 24.9 Å². The van der Waals surface area contributed by atoms with Crippen molar-refractivity contribution >= 4 is 5.97 Å². The van der Waals surface area contributed by atoms with E-state index in [0.717, 1.165) is 50.5 Å². The second-order valence-corrected chi connectivity index (χ2v) is 10.9. The number of carbonyl (C=O) groups excluding carboxylic acids is 1. The number of rotatable bonds is 1. The lowest BCUT2D eigenvalue weighted by atomic mass is 9.43. The third kappa shape index (κ3) is 2.33. The van der Waals surface area contributed by atoms with Crippen molar-refractivity contribution in [2.24, 2.45) is 34.5 Å². The SMILES string of the molecule is C[C@]12CC[C@H](O)C[C@H]1CC[C@@H]1[C@H]2CC[C@]2(C)[C@@H](C3=CC(=O)OC3)[C@@H](O)C[C@]12O. The van der Waals surface area contributed by atoms with Crippen LogP contribution in [0.1, 0.15) is 65.2 Å². The number of cyclic esters (lactones) is 1. The highest BCUT2D eigenvalue weighted by Gasteiger charge is 2.70. The Morgan fingerprint density at radius 2 is 1.86 bits per heavy atom. The molecule has 0 aromatic carbocycles. The van der Waals surface area contributed by atoms with E-state index in [1.807, 2.05) is 0 Å². The van der Waals surface area contributed by atoms with Gasteiger partial charge in [-0.05, 0) is 73.7 Å². The lowest BCUT2D eigenvalue weighted by Gasteiger charge is -2.63. The molecule has 156 valence electrons. The fourth-order valence-electron chi connectivity index (χ4n) is 8.47. The van der Waals surface area contributed by atoms with E-state index in [2.05, 4.69) is 13.8 Å². The molecular weight excluding hydrogens is 356 g/mol. The quantitative estimate of drug-likeness (QED) is 0.599. The van der Waals surface area contributed by atoms with Crippen LogP contribution in [-0.4, -0.2) is 45.7 Å². The van der Waals surface area contributed by atoms with Crippen molar-refractivity contribution in [2.45, 2.75) is 83.0 Å². The molecule has 5 nitrogen and oxygen atoms in total. The molecule has 0 spiro atoms. The Morgan fingerprint density at radius 3 is 2.57 bits per heavy atom. The zero-order chi connectivity index (χ0) is 19.9. The highest BCUT2D eigenvalue weighted by atomic mass is 16.5. The molecule has 1 heterocycles. The van der Waals surface area contributed by atoms with E-state index < -0.39 is 17.1 Å². The van der Waals surface area contributed by atoms with Gasteiger partial charge in [0.15, 0.2) is 0 Å². The first kappa shape index (κ1) is 19.1. The predicted molar refractivity (Wildman–Crippen MR) is 103 cm³/mol. The van der Waals surface area contributed by atoms with Gasteiger partial charge in [0, 0.05) is 23.8 Å². The fraction of sp³-hybridized carbons (Fsp3) is 0.870. The Hall–Kier alpha value is -0.910. The van der Waals surface area contributed by atoms with Gasteiger partial charge >= 0.3 is 5.97 Å². The summed E-state index contributed by atoms with van der Waals surface area (Å²) in [7, 11) is 0. The van der Waals surface area contributed by atoms with Crippen LogP contribution in [-0.2, 0) is 9.53 Å². The molecule has 0 bridgehead atoms. The number of fused-ring (bicyclic) bond motifs is 5. The van der Waals surface area contributed by atoms with Crippen molar-refractivity contribution in [2.75, 3.05) is 6.61 Å². The standard InChI is InChI=1S/C23H34O5/c1-21-7-5-15(24)10-14(21)3-4-17-16(21)6-8-22(2)20(13-9-19(26)28-12-13)18(25)11-23(17,22)27/h9,14-18,20,24-25,27H,3-8,10-12H2,1-2H3/t14-,15+,16-,17-,18+,20+,21+,22-,23+/m1/s1. The smallest absolute Gasteiger partial charge is 0.331 e. The van der Waals surface area contributed by atoms with E-state index in [4.69, 9.17) is 4.74 Å². The Morgan fingerprint density at radius 1 is 1.07 bits per heavy atom. The Bertz CT molecular complexity index is 718. The van der Waals surface area contributed by atoms with Crippen LogP contribution in [0.5, 0.6) is 0 Å². The first-order valence-electron chi connectivity index (χ1n) is 11.1. The number of aliphatic hydroxyl groups excluding tert-OH is 2. The maximum Gasteiger partial charge on any atom is 0.331 e. The molecule has 28 heavy (non-hydrogen) atoms. The lowest BCUT2D eigenvalue weighted by Crippen LogP contribution is -2.62. The summed E-state index contributed by atoms with van der Waals surface area (Å²) in [6.07, 6.45) is 7.87. The number of ether oxygens (including phenoxy) is 1. The van der Waals surface area contributed by atoms with Crippen molar-refractivity contribution in [3.63, 3.8) is 0 Å². The van der Waals surface area contributed by atoms with Gasteiger partial charge in [0.25, 0.3) is 0 Å². The summed E-state index contributed by atoms with van der Waals surface area (Å²) in [5, 5.41) is 33.3. The third-order valence-corrected chi connectivity index (χ3v) is 9.92. The van der Waals surface area contributed by atoms with Crippen molar-refractivity contribution in [1.29, 1.82) is 0 Å². The lowest BCUT2D eigenvalue weighted by molar-refractivity contribution is -0.208. The minimum Gasteiger partial charge on any atom is -0.458 e. The summed E-state index contributed by atoms with van der Waals surface area (Å²) >= 11 is 0. The summed E-state index contributed by atoms with van der Waals surface area (Å²) < 4.78 is 5.14. The highest BCUT2D eigenvalue weighted by molar-refractivity contribution is 5.85. The van der Waals surface area contributed by atoms with Gasteiger partial charge in [-0.15, -0.1) is 0 Å². The largest absolute Gasteiger partial charge is 0.458 e. The van der Waals surface area contributed by atoms with Gasteiger partial charge in [-0.3, -0.25) is 0 Å². The van der Waals surface area contributed by atoms with Crippen LogP contribution < -0.4 is 0 Å². The Labute approximate surface area is 167 Å². The molecule has 0 aromatic heterocycles. The topological polar surface area (TPSA) is 87.0 Å². The molecule has 4 aliphatic carbocycles. The molecule has 5 heteroatoms. The van der Waals surface area contributed by atoms with Gasteiger partial charge in [-0.1, -0.05) is 13.8 Å². The summed E-state index contributed by atoms with van der Waals surface area (Å²) in [5.41, 5.74) is -0.301. The summed E-state index contributed by atoms with van der Waals surface area (Å²) in [5.74, 6) is 0.627. The molecule has 5 rings (SSSR count). The van der Waals surface area contributed by atoms with Crippen LogP contribution in [0.2, 0.25) is 0 Å². The van der Waals surface area contributed by atoms with Gasteiger partial charge in [-0.25, -0.2) is 4.79 Å². The van der Waals surface area contributed by atoms with Gasteiger partial charge < -0.3 is 20.1 Å². The summed E-state index contributed by atoms with van der Waals surface area (Å²) in [6, 6.07) is 0. The van der Waals surface area contributed by atoms with E-state index in [1.165, 1.54) is 6.08 Å². The number of esters is 1. The zero-order valence-corrected chi connectivity index (χ0v) is 17.1.